The number of aliphatic hydroxyl groups excluding tert-OH is 1. The largest absolute Gasteiger partial charge is 0.392 e. The zero-order chi connectivity index (χ0) is 15.5. The summed E-state index contributed by atoms with van der Waals surface area (Å²) in [5.41, 5.74) is 2.44. The third-order valence-electron chi connectivity index (χ3n) is 3.72. The summed E-state index contributed by atoms with van der Waals surface area (Å²) in [5.74, 6) is 0. The molecule has 2 heterocycles. The van der Waals surface area contributed by atoms with Gasteiger partial charge in [0.1, 0.15) is 0 Å². The molecule has 3 rings (SSSR count). The van der Waals surface area contributed by atoms with Crippen molar-refractivity contribution >= 4 is 21.6 Å². The van der Waals surface area contributed by atoms with Crippen molar-refractivity contribution in [3.05, 3.63) is 56.9 Å². The molecule has 1 aliphatic rings. The van der Waals surface area contributed by atoms with E-state index in [9.17, 15) is 9.90 Å². The Morgan fingerprint density at radius 1 is 1.14 bits per heavy atom. The predicted molar refractivity (Wildman–Crippen MR) is 88.7 cm³/mol. The van der Waals surface area contributed by atoms with E-state index in [1.807, 2.05) is 24.3 Å². The van der Waals surface area contributed by atoms with Crippen molar-refractivity contribution in [1.82, 2.24) is 4.57 Å². The van der Waals surface area contributed by atoms with Crippen molar-refractivity contribution < 1.29 is 9.84 Å². The van der Waals surface area contributed by atoms with Crippen molar-refractivity contribution in [1.29, 1.82) is 0 Å². The maximum absolute atomic E-state index is 12.2. The second-order valence-corrected chi connectivity index (χ2v) is 6.00. The molecule has 0 unspecified atom stereocenters. The molecule has 0 radical (unpaired) electrons. The fraction of sp³-hybridized carbons (Fsp3) is 0.312. The Bertz CT molecular complexity index is 706. The van der Waals surface area contributed by atoms with Gasteiger partial charge >= 0.3 is 0 Å². The van der Waals surface area contributed by atoms with Crippen LogP contribution < -0.4 is 10.5 Å². The highest BCUT2D eigenvalue weighted by Crippen LogP contribution is 2.19. The van der Waals surface area contributed by atoms with E-state index in [4.69, 9.17) is 4.74 Å². The Morgan fingerprint density at radius 2 is 1.77 bits per heavy atom. The summed E-state index contributed by atoms with van der Waals surface area (Å²) in [4.78, 5) is 14.5. The summed E-state index contributed by atoms with van der Waals surface area (Å²) in [6.45, 7) is 3.14. The van der Waals surface area contributed by atoms with E-state index in [0.29, 0.717) is 10.0 Å². The number of morpholine rings is 1. The van der Waals surface area contributed by atoms with E-state index in [2.05, 4.69) is 20.8 Å². The molecule has 1 aliphatic heterocycles. The number of pyridine rings is 1. The topological polar surface area (TPSA) is 54.7 Å². The molecule has 116 valence electrons. The average molecular weight is 365 g/mol. The number of rotatable bonds is 3. The van der Waals surface area contributed by atoms with Gasteiger partial charge < -0.3 is 14.7 Å². The van der Waals surface area contributed by atoms with E-state index in [1.54, 1.807) is 16.8 Å². The van der Waals surface area contributed by atoms with Crippen LogP contribution in [-0.2, 0) is 11.3 Å². The van der Waals surface area contributed by atoms with E-state index >= 15 is 0 Å². The molecule has 5 nitrogen and oxygen atoms in total. The van der Waals surface area contributed by atoms with Gasteiger partial charge in [-0.15, -0.1) is 0 Å². The average Bonchev–Trinajstić information content (AvgIpc) is 2.58. The summed E-state index contributed by atoms with van der Waals surface area (Å²) in [5, 5.41) is 9.28. The Morgan fingerprint density at radius 3 is 2.41 bits per heavy atom. The number of aliphatic hydroxyl groups is 1. The molecule has 0 bridgehead atoms. The van der Waals surface area contributed by atoms with Gasteiger partial charge in [-0.1, -0.05) is 0 Å². The normalized spacial score (nSPS) is 15.1. The quantitative estimate of drug-likeness (QED) is 0.903. The maximum atomic E-state index is 12.2. The van der Waals surface area contributed by atoms with Crippen molar-refractivity contribution in [2.45, 2.75) is 6.61 Å². The van der Waals surface area contributed by atoms with Crippen LogP contribution in [0.1, 0.15) is 5.56 Å². The molecule has 0 atom stereocenters. The molecule has 2 aromatic rings. The highest BCUT2D eigenvalue weighted by Gasteiger charge is 2.12. The van der Waals surface area contributed by atoms with Crippen molar-refractivity contribution in [2.75, 3.05) is 31.2 Å². The van der Waals surface area contributed by atoms with Crippen LogP contribution in [0.4, 0.5) is 5.69 Å². The molecule has 1 fully saturated rings. The van der Waals surface area contributed by atoms with E-state index < -0.39 is 0 Å². The van der Waals surface area contributed by atoms with Gasteiger partial charge in [0.2, 0.25) is 0 Å². The Balaban J connectivity index is 1.92. The second-order valence-electron chi connectivity index (χ2n) is 5.15. The number of halogens is 1. The highest BCUT2D eigenvalue weighted by molar-refractivity contribution is 9.10. The zero-order valence-corrected chi connectivity index (χ0v) is 13.6. The van der Waals surface area contributed by atoms with Crippen molar-refractivity contribution in [2.24, 2.45) is 0 Å². The summed E-state index contributed by atoms with van der Waals surface area (Å²) in [6.07, 6.45) is 1.66. The fourth-order valence-electron chi connectivity index (χ4n) is 2.53. The minimum Gasteiger partial charge on any atom is -0.392 e. The Hall–Kier alpha value is -1.63. The van der Waals surface area contributed by atoms with Gasteiger partial charge in [-0.05, 0) is 51.8 Å². The second kappa shape index (κ2) is 6.64. The third kappa shape index (κ3) is 3.09. The van der Waals surface area contributed by atoms with Gasteiger partial charge in [0.05, 0.1) is 24.3 Å². The molecule has 22 heavy (non-hydrogen) atoms. The number of hydrogen-bond acceptors (Lipinski definition) is 4. The number of benzene rings is 1. The molecule has 1 saturated heterocycles. The van der Waals surface area contributed by atoms with Crippen LogP contribution in [0.3, 0.4) is 0 Å². The first-order valence-electron chi connectivity index (χ1n) is 7.14. The zero-order valence-electron chi connectivity index (χ0n) is 12.0. The maximum Gasteiger partial charge on any atom is 0.269 e. The third-order valence-corrected chi connectivity index (χ3v) is 4.28. The van der Waals surface area contributed by atoms with Gasteiger partial charge in [-0.2, -0.15) is 0 Å². The Labute approximate surface area is 136 Å². The first kappa shape index (κ1) is 15.3. The van der Waals surface area contributed by atoms with Crippen LogP contribution >= 0.6 is 15.9 Å². The number of aromatic nitrogens is 1. The first-order valence-corrected chi connectivity index (χ1v) is 7.93. The van der Waals surface area contributed by atoms with Gasteiger partial charge in [-0.3, -0.25) is 9.36 Å². The smallest absolute Gasteiger partial charge is 0.269 e. The lowest BCUT2D eigenvalue weighted by molar-refractivity contribution is 0.122. The van der Waals surface area contributed by atoms with Gasteiger partial charge in [0.25, 0.3) is 5.56 Å². The SMILES string of the molecule is O=c1c(Br)cc(CO)cn1-c1ccc(N2CCOCC2)cc1. The minimum atomic E-state index is -0.142. The monoisotopic (exact) mass is 364 g/mol. The van der Waals surface area contributed by atoms with Gasteiger partial charge in [0.15, 0.2) is 0 Å². The molecule has 6 heteroatoms. The molecule has 1 aromatic heterocycles. The molecule has 1 N–H and O–H groups in total. The molecule has 1 aromatic carbocycles. The lowest BCUT2D eigenvalue weighted by Gasteiger charge is -2.29. The first-order chi connectivity index (χ1) is 10.7. The molecular weight excluding hydrogens is 348 g/mol. The van der Waals surface area contributed by atoms with Gasteiger partial charge in [-0.25, -0.2) is 0 Å². The summed E-state index contributed by atoms with van der Waals surface area (Å²) >= 11 is 3.25. The molecule has 0 amide bonds. The van der Waals surface area contributed by atoms with E-state index in [1.165, 1.54) is 0 Å². The van der Waals surface area contributed by atoms with Crippen LogP contribution in [0.2, 0.25) is 0 Å². The van der Waals surface area contributed by atoms with Crippen LogP contribution in [0, 0.1) is 0 Å². The molecule has 0 spiro atoms. The van der Waals surface area contributed by atoms with E-state index in [-0.39, 0.29) is 12.2 Å². The van der Waals surface area contributed by atoms with Crippen LogP contribution in [0.5, 0.6) is 0 Å². The van der Waals surface area contributed by atoms with Crippen molar-refractivity contribution in [3.63, 3.8) is 0 Å². The molecule has 0 saturated carbocycles. The van der Waals surface area contributed by atoms with E-state index in [0.717, 1.165) is 37.7 Å². The van der Waals surface area contributed by atoms with Gasteiger partial charge in [0, 0.05) is 30.7 Å². The number of hydrogen-bond donors (Lipinski definition) is 1. The lowest BCUT2D eigenvalue weighted by Crippen LogP contribution is -2.36. The number of nitrogens with zero attached hydrogens (tertiary/aromatic N) is 2. The highest BCUT2D eigenvalue weighted by atomic mass is 79.9. The summed E-state index contributed by atoms with van der Waals surface area (Å²) in [6, 6.07) is 9.49. The number of ether oxygens (including phenoxy) is 1. The lowest BCUT2D eigenvalue weighted by atomic mass is 10.2. The minimum absolute atomic E-state index is 0.106. The van der Waals surface area contributed by atoms with Crippen LogP contribution in [0.25, 0.3) is 5.69 Å². The predicted octanol–water partition coefficient (Wildman–Crippen LogP) is 1.93. The standard InChI is InChI=1S/C16H17BrN2O3/c17-15-9-12(11-20)10-19(16(15)21)14-3-1-13(2-4-14)18-5-7-22-8-6-18/h1-4,9-10,20H,5-8,11H2. The Kier molecular flexibility index (Phi) is 4.61. The number of anilines is 1. The van der Waals surface area contributed by atoms with Crippen LogP contribution in [-0.4, -0.2) is 36.0 Å². The molecule has 0 aliphatic carbocycles. The summed E-state index contributed by atoms with van der Waals surface area (Å²) < 4.78 is 7.33. The van der Waals surface area contributed by atoms with Crippen LogP contribution in [0.15, 0.2) is 45.8 Å². The fourth-order valence-corrected chi connectivity index (χ4v) is 3.01. The van der Waals surface area contributed by atoms with Crippen molar-refractivity contribution in [3.8, 4) is 5.69 Å². The summed E-state index contributed by atoms with van der Waals surface area (Å²) in [7, 11) is 0. The molecular formula is C16H17BrN2O3.